The number of hydrogen-bond acceptors (Lipinski definition) is 8. The van der Waals surface area contributed by atoms with Gasteiger partial charge in [-0.3, -0.25) is 9.59 Å². The molecule has 1 aliphatic carbocycles. The van der Waals surface area contributed by atoms with Crippen LogP contribution in [0.4, 0.5) is 22.7 Å². The van der Waals surface area contributed by atoms with Crippen molar-refractivity contribution in [1.82, 2.24) is 20.6 Å². The molecular weight excluding hydrogens is 797 g/mol. The Morgan fingerprint density at radius 2 is 0.844 bits per heavy atom. The van der Waals surface area contributed by atoms with E-state index in [1.165, 1.54) is 0 Å². The van der Waals surface area contributed by atoms with Gasteiger partial charge in [-0.05, 0) is 99.9 Å². The number of aryl methyl sites for hydroxylation is 4. The number of para-hydroxylation sites is 2. The highest BCUT2D eigenvalue weighted by Gasteiger charge is 2.30. The van der Waals surface area contributed by atoms with Crippen molar-refractivity contribution in [2.24, 2.45) is 11.8 Å². The van der Waals surface area contributed by atoms with Crippen molar-refractivity contribution in [3.63, 3.8) is 0 Å². The van der Waals surface area contributed by atoms with Crippen LogP contribution >= 0.6 is 0 Å². The Labute approximate surface area is 373 Å². The predicted molar refractivity (Wildman–Crippen MR) is 258 cm³/mol. The Balaban J connectivity index is 0.772. The minimum Gasteiger partial charge on any atom is -0.398 e. The zero-order valence-corrected chi connectivity index (χ0v) is 37.0. The summed E-state index contributed by atoms with van der Waals surface area (Å²) in [7, 11) is 0. The molecule has 0 aliphatic heterocycles. The van der Waals surface area contributed by atoms with E-state index in [9.17, 15) is 9.59 Å². The van der Waals surface area contributed by atoms with Crippen LogP contribution in [0.3, 0.4) is 0 Å². The maximum absolute atomic E-state index is 13.3. The maximum atomic E-state index is 13.3. The van der Waals surface area contributed by atoms with Crippen LogP contribution in [-0.2, 0) is 9.59 Å². The number of fused-ring (bicyclic) bond motifs is 4. The third-order valence-electron chi connectivity index (χ3n) is 12.8. The number of nitrogens with two attached hydrogens (primary N) is 2. The van der Waals surface area contributed by atoms with Crippen LogP contribution in [0.2, 0.25) is 0 Å². The molecule has 12 nitrogen and oxygen atoms in total. The number of nitrogen functional groups attached to an aromatic ring is 2. The number of hydrogen-bond donors (Lipinski definition) is 6. The molecule has 2 amide bonds. The monoisotopic (exact) mass is 852 g/mol. The summed E-state index contributed by atoms with van der Waals surface area (Å²) in [6, 6.07) is 37.0. The second-order valence-electron chi connectivity index (χ2n) is 17.3. The van der Waals surface area contributed by atoms with Crippen molar-refractivity contribution >= 4 is 78.7 Å². The zero-order valence-electron chi connectivity index (χ0n) is 37.0. The van der Waals surface area contributed by atoms with Gasteiger partial charge < -0.3 is 32.7 Å². The van der Waals surface area contributed by atoms with E-state index in [4.69, 9.17) is 21.4 Å². The number of anilines is 4. The van der Waals surface area contributed by atoms with Gasteiger partial charge in [-0.15, -0.1) is 9.13 Å². The molecule has 2 aromatic heterocycles. The van der Waals surface area contributed by atoms with Crippen molar-refractivity contribution < 1.29 is 18.7 Å². The minimum absolute atomic E-state index is 0.0479. The summed E-state index contributed by atoms with van der Waals surface area (Å²) in [4.78, 5) is 36.6. The van der Waals surface area contributed by atoms with Gasteiger partial charge in [0.1, 0.15) is 22.1 Å². The van der Waals surface area contributed by atoms with Gasteiger partial charge >= 0.3 is 0 Å². The molecule has 0 spiro atoms. The van der Waals surface area contributed by atoms with E-state index in [1.54, 1.807) is 0 Å². The molecule has 1 aliphatic rings. The molecule has 8 aromatic rings. The van der Waals surface area contributed by atoms with E-state index in [0.29, 0.717) is 51.9 Å². The number of rotatable bonds is 12. The fourth-order valence-corrected chi connectivity index (χ4v) is 9.11. The molecule has 9 rings (SSSR count). The first-order chi connectivity index (χ1) is 31.0. The number of nitrogens with one attached hydrogen (secondary N) is 4. The molecule has 1 saturated carbocycles. The van der Waals surface area contributed by atoms with E-state index in [-0.39, 0.29) is 23.7 Å². The molecule has 2 heterocycles. The summed E-state index contributed by atoms with van der Waals surface area (Å²) >= 11 is 0. The molecule has 0 saturated heterocycles. The molecule has 324 valence electrons. The summed E-state index contributed by atoms with van der Waals surface area (Å²) in [5, 5.41) is 13.4. The summed E-state index contributed by atoms with van der Waals surface area (Å²) in [5.74, 6) is -0.108. The van der Waals surface area contributed by atoms with Gasteiger partial charge in [-0.2, -0.15) is 0 Å². The lowest BCUT2D eigenvalue weighted by Gasteiger charge is -2.27. The van der Waals surface area contributed by atoms with Crippen LogP contribution in [0.25, 0.3) is 55.5 Å². The third kappa shape index (κ3) is 8.43. The lowest BCUT2D eigenvalue weighted by atomic mass is 9.81. The average molecular weight is 853 g/mol. The third-order valence-corrected chi connectivity index (χ3v) is 12.8. The number of aromatic nitrogens is 4. The van der Waals surface area contributed by atoms with Crippen molar-refractivity contribution in [3.05, 3.63) is 131 Å². The Morgan fingerprint density at radius 1 is 0.500 bits per heavy atom. The molecule has 6 aromatic carbocycles. The first-order valence-electron chi connectivity index (χ1n) is 22.3. The Bertz CT molecular complexity index is 2870. The van der Waals surface area contributed by atoms with Gasteiger partial charge in [0.2, 0.25) is 45.3 Å². The number of carbonyl (C=O) groups is 2. The highest BCUT2D eigenvalue weighted by molar-refractivity contribution is 5.89. The van der Waals surface area contributed by atoms with Crippen molar-refractivity contribution in [2.45, 2.75) is 53.4 Å². The first-order valence-corrected chi connectivity index (χ1v) is 22.3. The quantitative estimate of drug-likeness (QED) is 0.0316. The average Bonchev–Trinajstić information content (AvgIpc) is 3.29. The van der Waals surface area contributed by atoms with E-state index in [1.807, 2.05) is 74.5 Å². The van der Waals surface area contributed by atoms with Crippen molar-refractivity contribution in [3.8, 4) is 11.4 Å². The van der Waals surface area contributed by atoms with E-state index in [0.717, 1.165) is 101 Å². The van der Waals surface area contributed by atoms with Crippen LogP contribution in [0, 0.1) is 39.5 Å². The smallest absolute Gasteiger partial charge is 0.239 e. The van der Waals surface area contributed by atoms with Gasteiger partial charge in [-0.1, -0.05) is 36.4 Å². The second kappa shape index (κ2) is 17.8. The lowest BCUT2D eigenvalue weighted by molar-refractivity contribution is -0.538. The number of carbonyl (C=O) groups excluding carboxylic acids is 2. The molecule has 0 unspecified atom stereocenters. The van der Waals surface area contributed by atoms with Crippen LogP contribution in [0.1, 0.15) is 47.9 Å². The summed E-state index contributed by atoms with van der Waals surface area (Å²) in [6.45, 7) is 10.2. The van der Waals surface area contributed by atoms with Gasteiger partial charge in [0, 0.05) is 109 Å². The summed E-state index contributed by atoms with van der Waals surface area (Å²) in [5.41, 5.74) is 29.7. The number of nitrogens with zero attached hydrogens (tertiary/aromatic N) is 4. The normalized spacial score (nSPS) is 15.1. The molecule has 64 heavy (non-hydrogen) atoms. The topological polar surface area (TPSA) is 168 Å². The molecule has 0 atom stereocenters. The van der Waals surface area contributed by atoms with E-state index < -0.39 is 0 Å². The highest BCUT2D eigenvalue weighted by Crippen LogP contribution is 2.30. The fourth-order valence-electron chi connectivity index (χ4n) is 9.11. The Kier molecular flexibility index (Phi) is 11.7. The molecule has 0 radical (unpaired) electrons. The fraction of sp³-hybridized carbons (Fsp3) is 0.269. The van der Waals surface area contributed by atoms with E-state index in [2.05, 4.69) is 92.8 Å². The van der Waals surface area contributed by atoms with E-state index >= 15 is 0 Å². The van der Waals surface area contributed by atoms with Crippen LogP contribution < -0.4 is 41.9 Å². The van der Waals surface area contributed by atoms with Gasteiger partial charge in [0.25, 0.3) is 0 Å². The second-order valence-corrected chi connectivity index (χ2v) is 17.3. The largest absolute Gasteiger partial charge is 0.398 e. The molecule has 0 bridgehead atoms. The lowest BCUT2D eigenvalue weighted by Crippen LogP contribution is -2.39. The summed E-state index contributed by atoms with van der Waals surface area (Å²) < 4.78 is 4.41. The maximum Gasteiger partial charge on any atom is 0.239 e. The Morgan fingerprint density at radius 3 is 1.22 bits per heavy atom. The number of amides is 2. The van der Waals surface area contributed by atoms with Crippen molar-refractivity contribution in [1.29, 1.82) is 0 Å². The standard InChI is InChI=1S/C52H54N10O2/c1-31-23-43-47(27-39(31)53)61(37-11-7-5-8-12-37)49-29-41(33(3)25-45(49)59-43)55-19-21-57-51(63)35-15-17-36(18-16-35)52(64)58-22-20-56-42-30-50-46(26-34(42)4)60-44-24-32(2)40(54)28-48(44)62(50)38-13-9-6-10-14-38/h5-14,23-30,35-36H,15-22H2,1-4H3,(H6,53,54,55,56,57,58,63,64)/p+2. The SMILES string of the molecule is Cc1cc2nc3cc(C)c(NCCNC(=O)C4CCC(C(=O)NCCNc5cc6c(cc5C)nc5cc(C)c(N)cc5[n+]6-c5ccccc5)CC4)cc3[n+](-c3ccccc3)c2cc1N. The van der Waals surface area contributed by atoms with Gasteiger partial charge in [0.15, 0.2) is 0 Å². The number of benzene rings is 6. The molecule has 8 N–H and O–H groups in total. The predicted octanol–water partition coefficient (Wildman–Crippen LogP) is 7.60. The molecule has 1 fully saturated rings. The first kappa shape index (κ1) is 42.0. The van der Waals surface area contributed by atoms with Gasteiger partial charge in [0.05, 0.1) is 0 Å². The Hall–Kier alpha value is -7.34. The summed E-state index contributed by atoms with van der Waals surface area (Å²) in [6.07, 6.45) is 2.76. The van der Waals surface area contributed by atoms with Crippen LogP contribution in [-0.4, -0.2) is 48.0 Å². The zero-order chi connectivity index (χ0) is 44.5. The minimum atomic E-state index is -0.102. The molecule has 12 heteroatoms. The molecular formula is C52H56N10O2+2. The van der Waals surface area contributed by atoms with Gasteiger partial charge in [-0.25, -0.2) is 9.97 Å². The van der Waals surface area contributed by atoms with Crippen molar-refractivity contribution in [2.75, 3.05) is 48.3 Å². The van der Waals surface area contributed by atoms with Crippen LogP contribution in [0.15, 0.2) is 109 Å². The van der Waals surface area contributed by atoms with Crippen LogP contribution in [0.5, 0.6) is 0 Å². The highest BCUT2D eigenvalue weighted by atomic mass is 16.2.